The number of nitrogens with one attached hydrogen (secondary N) is 1. The van der Waals surface area contributed by atoms with E-state index in [0.717, 1.165) is 0 Å². The molecule has 19 heavy (non-hydrogen) atoms. The number of anilines is 1. The lowest BCUT2D eigenvalue weighted by molar-refractivity contribution is 0.329. The Kier molecular flexibility index (Phi) is 3.98. The third-order valence-corrected chi connectivity index (χ3v) is 4.69. The normalized spacial score (nSPS) is 15.9. The fourth-order valence-electron chi connectivity index (χ4n) is 1.84. The van der Waals surface area contributed by atoms with E-state index >= 15 is 0 Å². The summed E-state index contributed by atoms with van der Waals surface area (Å²) in [7, 11) is -1.58. The molecule has 1 aromatic carbocycles. The number of hydrogen-bond donors (Lipinski definition) is 3. The van der Waals surface area contributed by atoms with Crippen LogP contribution in [0.4, 0.5) is 5.69 Å². The lowest BCUT2D eigenvalue weighted by Crippen LogP contribution is -2.34. The molecule has 0 saturated heterocycles. The number of hydrogen-bond acceptors (Lipinski definition) is 5. The van der Waals surface area contributed by atoms with E-state index in [2.05, 4.69) is 9.62 Å². The average molecular weight is 285 g/mol. The van der Waals surface area contributed by atoms with E-state index in [-0.39, 0.29) is 16.3 Å². The Balaban J connectivity index is 1.95. The highest BCUT2D eigenvalue weighted by Gasteiger charge is 2.25. The van der Waals surface area contributed by atoms with Crippen molar-refractivity contribution in [3.63, 3.8) is 0 Å². The van der Waals surface area contributed by atoms with Crippen molar-refractivity contribution >= 4 is 15.7 Å². The highest BCUT2D eigenvalue weighted by Crippen LogP contribution is 2.25. The van der Waals surface area contributed by atoms with E-state index in [9.17, 15) is 13.5 Å². The van der Waals surface area contributed by atoms with E-state index in [4.69, 9.17) is 5.73 Å². The number of aromatic hydroxyl groups is 1. The molecule has 1 fully saturated rings. The Bertz CT molecular complexity index is 555. The number of rotatable bonds is 6. The molecule has 0 bridgehead atoms. The fourth-order valence-corrected chi connectivity index (χ4v) is 2.89. The van der Waals surface area contributed by atoms with Crippen molar-refractivity contribution in [2.45, 2.75) is 23.8 Å². The summed E-state index contributed by atoms with van der Waals surface area (Å²) < 4.78 is 26.5. The fraction of sp³-hybridized carbons (Fsp3) is 0.500. The van der Waals surface area contributed by atoms with E-state index in [1.807, 2.05) is 7.05 Å². The quantitative estimate of drug-likeness (QED) is 0.517. The summed E-state index contributed by atoms with van der Waals surface area (Å²) in [6, 6.07) is 4.47. The number of nitrogen functional groups attached to an aromatic ring is 1. The third-order valence-electron chi connectivity index (χ3n) is 3.24. The summed E-state index contributed by atoms with van der Waals surface area (Å²) in [6.07, 6.45) is 2.38. The molecule has 7 heteroatoms. The molecule has 2 rings (SSSR count). The Hall–Kier alpha value is -1.31. The summed E-state index contributed by atoms with van der Waals surface area (Å²) in [4.78, 5) is 2.21. The third kappa shape index (κ3) is 3.59. The molecule has 4 N–H and O–H groups in total. The molecule has 0 spiro atoms. The second kappa shape index (κ2) is 5.36. The van der Waals surface area contributed by atoms with Crippen molar-refractivity contribution in [3.8, 4) is 5.75 Å². The first-order valence-corrected chi connectivity index (χ1v) is 7.67. The van der Waals surface area contributed by atoms with Gasteiger partial charge in [0.05, 0.1) is 10.6 Å². The minimum atomic E-state index is -3.57. The molecular weight excluding hydrogens is 266 g/mol. The summed E-state index contributed by atoms with van der Waals surface area (Å²) in [5.74, 6) is -0.118. The van der Waals surface area contributed by atoms with Crippen LogP contribution in [0, 0.1) is 0 Å². The molecule has 1 aliphatic carbocycles. The van der Waals surface area contributed by atoms with E-state index < -0.39 is 10.0 Å². The lowest BCUT2D eigenvalue weighted by atomic mass is 10.3. The Labute approximate surface area is 113 Å². The molecule has 0 aliphatic heterocycles. The van der Waals surface area contributed by atoms with Crippen molar-refractivity contribution in [1.29, 1.82) is 0 Å². The number of sulfonamides is 1. The van der Waals surface area contributed by atoms with Crippen LogP contribution < -0.4 is 10.5 Å². The van der Waals surface area contributed by atoms with Gasteiger partial charge >= 0.3 is 0 Å². The predicted molar refractivity (Wildman–Crippen MR) is 73.4 cm³/mol. The minimum absolute atomic E-state index is 0.0537. The van der Waals surface area contributed by atoms with Gasteiger partial charge in [-0.1, -0.05) is 0 Å². The number of likely N-dealkylation sites (N-methyl/N-ethyl adjacent to an activating group) is 1. The lowest BCUT2D eigenvalue weighted by Gasteiger charge is -2.15. The molecule has 0 heterocycles. The van der Waals surface area contributed by atoms with E-state index in [1.165, 1.54) is 31.0 Å². The largest absolute Gasteiger partial charge is 0.506 e. The molecule has 0 unspecified atom stereocenters. The summed E-state index contributed by atoms with van der Waals surface area (Å²) in [5, 5.41) is 9.28. The van der Waals surface area contributed by atoms with E-state index in [0.29, 0.717) is 19.1 Å². The maximum absolute atomic E-state index is 12.0. The van der Waals surface area contributed by atoms with Gasteiger partial charge in [0.25, 0.3) is 0 Å². The molecule has 106 valence electrons. The molecule has 1 aromatic rings. The predicted octanol–water partition coefficient (Wildman–Crippen LogP) is 0.347. The topological polar surface area (TPSA) is 95.7 Å². The second-order valence-corrected chi connectivity index (χ2v) is 6.60. The van der Waals surface area contributed by atoms with Crippen LogP contribution in [0.15, 0.2) is 23.1 Å². The van der Waals surface area contributed by atoms with Gasteiger partial charge in [-0.2, -0.15) is 0 Å². The average Bonchev–Trinajstić information content (AvgIpc) is 3.16. The second-order valence-electron chi connectivity index (χ2n) is 4.83. The number of benzene rings is 1. The maximum Gasteiger partial charge on any atom is 0.240 e. The Morgan fingerprint density at radius 1 is 1.47 bits per heavy atom. The minimum Gasteiger partial charge on any atom is -0.506 e. The number of phenolic OH excluding ortho intramolecular Hbond substituents is 1. The molecule has 6 nitrogen and oxygen atoms in total. The summed E-state index contributed by atoms with van der Waals surface area (Å²) >= 11 is 0. The van der Waals surface area contributed by atoms with Gasteiger partial charge in [0.2, 0.25) is 10.0 Å². The number of nitrogens with zero attached hydrogens (tertiary/aromatic N) is 1. The van der Waals surface area contributed by atoms with Gasteiger partial charge in [-0.05, 0) is 38.1 Å². The van der Waals surface area contributed by atoms with Crippen molar-refractivity contribution in [2.24, 2.45) is 0 Å². The smallest absolute Gasteiger partial charge is 0.240 e. The zero-order valence-electron chi connectivity index (χ0n) is 10.8. The van der Waals surface area contributed by atoms with Gasteiger partial charge in [0, 0.05) is 19.1 Å². The monoisotopic (exact) mass is 285 g/mol. The maximum atomic E-state index is 12.0. The Morgan fingerprint density at radius 3 is 2.74 bits per heavy atom. The highest BCUT2D eigenvalue weighted by atomic mass is 32.2. The van der Waals surface area contributed by atoms with Gasteiger partial charge in [-0.15, -0.1) is 0 Å². The van der Waals surface area contributed by atoms with Crippen LogP contribution >= 0.6 is 0 Å². The van der Waals surface area contributed by atoms with Crippen molar-refractivity contribution in [1.82, 2.24) is 9.62 Å². The Morgan fingerprint density at radius 2 is 2.16 bits per heavy atom. The first-order valence-electron chi connectivity index (χ1n) is 6.18. The first-order chi connectivity index (χ1) is 8.90. The molecule has 0 aromatic heterocycles. The van der Waals surface area contributed by atoms with Crippen LogP contribution in [0.2, 0.25) is 0 Å². The summed E-state index contributed by atoms with van der Waals surface area (Å²) in [6.45, 7) is 1.04. The van der Waals surface area contributed by atoms with Gasteiger partial charge in [0.1, 0.15) is 5.75 Å². The van der Waals surface area contributed by atoms with E-state index in [1.54, 1.807) is 0 Å². The summed E-state index contributed by atoms with van der Waals surface area (Å²) in [5.41, 5.74) is 5.55. The van der Waals surface area contributed by atoms with Crippen LogP contribution in [0.3, 0.4) is 0 Å². The molecular formula is C12H19N3O3S. The van der Waals surface area contributed by atoms with Gasteiger partial charge in [-0.3, -0.25) is 0 Å². The van der Waals surface area contributed by atoms with Gasteiger partial charge < -0.3 is 15.7 Å². The molecule has 1 saturated carbocycles. The standard InChI is InChI=1S/C12H19N3O3S/c1-15(9-2-3-9)7-6-14-19(17,18)10-4-5-12(16)11(13)8-10/h4-5,8-9,14,16H,2-3,6-7,13H2,1H3. The zero-order chi connectivity index (χ0) is 14.0. The first kappa shape index (κ1) is 14.1. The van der Waals surface area contributed by atoms with Gasteiger partial charge in [0.15, 0.2) is 0 Å². The number of phenols is 1. The van der Waals surface area contributed by atoms with Gasteiger partial charge in [-0.25, -0.2) is 13.1 Å². The number of nitrogens with two attached hydrogens (primary N) is 1. The van der Waals surface area contributed by atoms with Crippen molar-refractivity contribution in [2.75, 3.05) is 25.9 Å². The van der Waals surface area contributed by atoms with Crippen molar-refractivity contribution in [3.05, 3.63) is 18.2 Å². The highest BCUT2D eigenvalue weighted by molar-refractivity contribution is 7.89. The van der Waals surface area contributed by atoms with Crippen LogP contribution in [-0.4, -0.2) is 44.6 Å². The van der Waals surface area contributed by atoms with Crippen LogP contribution in [0.25, 0.3) is 0 Å². The molecule has 0 radical (unpaired) electrons. The van der Waals surface area contributed by atoms with Crippen LogP contribution in [0.5, 0.6) is 5.75 Å². The molecule has 0 amide bonds. The zero-order valence-corrected chi connectivity index (χ0v) is 11.7. The van der Waals surface area contributed by atoms with Crippen LogP contribution in [-0.2, 0) is 10.0 Å². The van der Waals surface area contributed by atoms with Crippen LogP contribution in [0.1, 0.15) is 12.8 Å². The van der Waals surface area contributed by atoms with Crippen molar-refractivity contribution < 1.29 is 13.5 Å². The SMILES string of the molecule is CN(CCNS(=O)(=O)c1ccc(O)c(N)c1)C1CC1. The molecule has 0 atom stereocenters. The molecule has 1 aliphatic rings.